The van der Waals surface area contributed by atoms with Crippen molar-refractivity contribution in [3.8, 4) is 0 Å². The summed E-state index contributed by atoms with van der Waals surface area (Å²) in [5.41, 5.74) is 1.68. The Morgan fingerprint density at radius 2 is 1.83 bits per heavy atom. The zero-order valence-electron chi connectivity index (χ0n) is 19.7. The Hall–Kier alpha value is -0.670. The molecule has 3 saturated carbocycles. The van der Waals surface area contributed by atoms with E-state index in [1.54, 1.807) is 0 Å². The van der Waals surface area contributed by atoms with Gasteiger partial charge in [-0.2, -0.15) is 0 Å². The Balaban J connectivity index is 1.51. The number of carbonyl (C=O) groups is 1. The summed E-state index contributed by atoms with van der Waals surface area (Å²) in [6.45, 7) is 9.79. The third-order valence-corrected chi connectivity index (χ3v) is 10.3. The summed E-state index contributed by atoms with van der Waals surface area (Å²) in [5.74, 6) is 3.45. The quantitative estimate of drug-likeness (QED) is 0.598. The van der Waals surface area contributed by atoms with E-state index in [0.717, 1.165) is 25.2 Å². The first-order valence-electron chi connectivity index (χ1n) is 12.7. The lowest BCUT2D eigenvalue weighted by molar-refractivity contribution is -0.135. The third-order valence-electron chi connectivity index (χ3n) is 10.3. The summed E-state index contributed by atoms with van der Waals surface area (Å²) in [5, 5.41) is 19.5. The molecular formula is C27H44O3. The highest BCUT2D eigenvalue weighted by atomic mass is 16.3. The van der Waals surface area contributed by atoms with Crippen molar-refractivity contribution >= 4 is 5.78 Å². The molecule has 0 radical (unpaired) electrons. The molecule has 0 aromatic heterocycles. The average Bonchev–Trinajstić information content (AvgIpc) is 3.06. The first kappa shape index (κ1) is 22.5. The van der Waals surface area contributed by atoms with E-state index in [1.807, 2.05) is 6.08 Å². The summed E-state index contributed by atoms with van der Waals surface area (Å²) in [7, 11) is 0. The van der Waals surface area contributed by atoms with Crippen molar-refractivity contribution in [3.63, 3.8) is 0 Å². The van der Waals surface area contributed by atoms with Crippen molar-refractivity contribution < 1.29 is 15.0 Å². The number of aliphatic hydroxyl groups is 2. The van der Waals surface area contributed by atoms with E-state index in [0.29, 0.717) is 47.9 Å². The van der Waals surface area contributed by atoms with Crippen LogP contribution in [0.25, 0.3) is 0 Å². The van der Waals surface area contributed by atoms with E-state index < -0.39 is 0 Å². The molecule has 0 heterocycles. The van der Waals surface area contributed by atoms with Crippen LogP contribution in [-0.4, -0.2) is 28.7 Å². The molecule has 0 bridgehead atoms. The predicted molar refractivity (Wildman–Crippen MR) is 121 cm³/mol. The van der Waals surface area contributed by atoms with Crippen LogP contribution >= 0.6 is 0 Å². The van der Waals surface area contributed by atoms with E-state index in [-0.39, 0.29) is 17.4 Å². The van der Waals surface area contributed by atoms with Gasteiger partial charge in [0.15, 0.2) is 5.78 Å². The zero-order valence-corrected chi connectivity index (χ0v) is 19.7. The molecule has 0 aromatic rings. The molecule has 2 N–H and O–H groups in total. The lowest BCUT2D eigenvalue weighted by Crippen LogP contribution is -2.53. The average molecular weight is 417 g/mol. The molecule has 7 unspecified atom stereocenters. The molecule has 4 aliphatic carbocycles. The molecule has 4 aliphatic rings. The molecule has 4 rings (SSSR count). The van der Waals surface area contributed by atoms with E-state index in [4.69, 9.17) is 0 Å². The summed E-state index contributed by atoms with van der Waals surface area (Å²) >= 11 is 0. The molecular weight excluding hydrogens is 372 g/mol. The summed E-state index contributed by atoms with van der Waals surface area (Å²) in [4.78, 5) is 13.4. The fourth-order valence-electron chi connectivity index (χ4n) is 8.44. The Kier molecular flexibility index (Phi) is 6.27. The van der Waals surface area contributed by atoms with Crippen molar-refractivity contribution in [1.82, 2.24) is 0 Å². The van der Waals surface area contributed by atoms with Gasteiger partial charge in [-0.1, -0.05) is 46.1 Å². The fourth-order valence-corrected chi connectivity index (χ4v) is 8.44. The van der Waals surface area contributed by atoms with Crippen LogP contribution in [0.4, 0.5) is 0 Å². The van der Waals surface area contributed by atoms with Crippen LogP contribution in [-0.2, 0) is 4.79 Å². The summed E-state index contributed by atoms with van der Waals surface area (Å²) < 4.78 is 0. The fraction of sp³-hybridized carbons (Fsp3) is 0.889. The first-order chi connectivity index (χ1) is 14.2. The maximum atomic E-state index is 13.4. The largest absolute Gasteiger partial charge is 0.396 e. The highest BCUT2D eigenvalue weighted by Gasteiger charge is 2.61. The maximum absolute atomic E-state index is 13.4. The minimum Gasteiger partial charge on any atom is -0.396 e. The lowest BCUT2D eigenvalue weighted by Gasteiger charge is -2.57. The molecule has 0 saturated heterocycles. The molecule has 0 aromatic carbocycles. The SMILES string of the molecule is CC(CCC[C@@H](C)CO)C1CCC2C3C(=O)C=C4C[C@@H](O)CCC4(C)C3CCC12C. The lowest BCUT2D eigenvalue weighted by atomic mass is 9.46. The van der Waals surface area contributed by atoms with Gasteiger partial charge in [0.2, 0.25) is 0 Å². The van der Waals surface area contributed by atoms with Gasteiger partial charge in [-0.15, -0.1) is 0 Å². The number of aliphatic hydroxyl groups excluding tert-OH is 2. The van der Waals surface area contributed by atoms with Gasteiger partial charge in [-0.3, -0.25) is 4.79 Å². The van der Waals surface area contributed by atoms with E-state index >= 15 is 0 Å². The van der Waals surface area contributed by atoms with Gasteiger partial charge >= 0.3 is 0 Å². The second kappa shape index (κ2) is 8.35. The van der Waals surface area contributed by atoms with Crippen LogP contribution in [0, 0.1) is 46.3 Å². The summed E-state index contributed by atoms with van der Waals surface area (Å²) in [6.07, 6.45) is 12.9. The highest BCUT2D eigenvalue weighted by molar-refractivity contribution is 5.94. The molecule has 0 aliphatic heterocycles. The van der Waals surface area contributed by atoms with Crippen molar-refractivity contribution in [1.29, 1.82) is 0 Å². The molecule has 170 valence electrons. The van der Waals surface area contributed by atoms with E-state index in [9.17, 15) is 15.0 Å². The summed E-state index contributed by atoms with van der Waals surface area (Å²) in [6, 6.07) is 0. The van der Waals surface area contributed by atoms with Crippen LogP contribution in [0.15, 0.2) is 11.6 Å². The Labute approximate surface area is 183 Å². The number of allylic oxidation sites excluding steroid dienone is 1. The van der Waals surface area contributed by atoms with Gasteiger partial charge in [-0.05, 0) is 97.9 Å². The molecule has 30 heavy (non-hydrogen) atoms. The van der Waals surface area contributed by atoms with Gasteiger partial charge in [-0.25, -0.2) is 0 Å². The number of hydrogen-bond acceptors (Lipinski definition) is 3. The van der Waals surface area contributed by atoms with Gasteiger partial charge in [0.1, 0.15) is 0 Å². The van der Waals surface area contributed by atoms with E-state index in [1.165, 1.54) is 44.1 Å². The normalized spacial score (nSPS) is 45.2. The molecule has 0 spiro atoms. The standard InChI is InChI=1S/C27H44O3/c1-17(16-28)6-5-7-18(2)21-8-9-22-25-23(11-13-27(21,22)4)26(3)12-10-20(29)14-19(26)15-24(25)30/h15,17-18,20-23,25,28-29H,5-14,16H2,1-4H3/t17-,18?,20+,21?,22?,23?,25?,26?,27?/m1/s1. The van der Waals surface area contributed by atoms with Crippen molar-refractivity contribution in [2.75, 3.05) is 6.61 Å². The van der Waals surface area contributed by atoms with E-state index in [2.05, 4.69) is 27.7 Å². The zero-order chi connectivity index (χ0) is 21.7. The topological polar surface area (TPSA) is 57.5 Å². The second-order valence-electron chi connectivity index (χ2n) is 12.0. The van der Waals surface area contributed by atoms with Crippen molar-refractivity contribution in [2.45, 2.75) is 98.0 Å². The number of ketones is 1. The Morgan fingerprint density at radius 1 is 1.07 bits per heavy atom. The maximum Gasteiger partial charge on any atom is 0.159 e. The van der Waals surface area contributed by atoms with Crippen LogP contribution in [0.5, 0.6) is 0 Å². The third kappa shape index (κ3) is 3.62. The molecule has 3 heteroatoms. The second-order valence-corrected chi connectivity index (χ2v) is 12.0. The van der Waals surface area contributed by atoms with Gasteiger partial charge in [0.05, 0.1) is 6.10 Å². The van der Waals surface area contributed by atoms with Gasteiger partial charge < -0.3 is 10.2 Å². The minimum absolute atomic E-state index is 0.128. The molecule has 0 amide bonds. The van der Waals surface area contributed by atoms with Crippen LogP contribution in [0.2, 0.25) is 0 Å². The molecule has 9 atom stereocenters. The van der Waals surface area contributed by atoms with Gasteiger partial charge in [0, 0.05) is 12.5 Å². The van der Waals surface area contributed by atoms with Crippen LogP contribution in [0.1, 0.15) is 91.9 Å². The van der Waals surface area contributed by atoms with Crippen molar-refractivity contribution in [3.05, 3.63) is 11.6 Å². The van der Waals surface area contributed by atoms with Crippen LogP contribution < -0.4 is 0 Å². The number of hydrogen-bond donors (Lipinski definition) is 2. The minimum atomic E-state index is -0.257. The number of rotatable bonds is 6. The Bertz CT molecular complexity index is 684. The van der Waals surface area contributed by atoms with Crippen molar-refractivity contribution in [2.24, 2.45) is 46.3 Å². The van der Waals surface area contributed by atoms with Crippen LogP contribution in [0.3, 0.4) is 0 Å². The molecule has 3 nitrogen and oxygen atoms in total. The smallest absolute Gasteiger partial charge is 0.159 e. The number of carbonyl (C=O) groups excluding carboxylic acids is 1. The highest BCUT2D eigenvalue weighted by Crippen LogP contribution is 2.66. The Morgan fingerprint density at radius 3 is 2.57 bits per heavy atom. The number of fused-ring (bicyclic) bond motifs is 5. The predicted octanol–water partition coefficient (Wildman–Crippen LogP) is 5.54. The van der Waals surface area contributed by atoms with Gasteiger partial charge in [0.25, 0.3) is 0 Å². The molecule has 3 fully saturated rings. The monoisotopic (exact) mass is 416 g/mol. The first-order valence-corrected chi connectivity index (χ1v) is 12.7.